The molecule has 1 aliphatic rings. The van der Waals surface area contributed by atoms with E-state index in [-0.39, 0.29) is 5.91 Å². The molecular weight excluding hydrogens is 412 g/mol. The van der Waals surface area contributed by atoms with Gasteiger partial charge >= 0.3 is 0 Å². The van der Waals surface area contributed by atoms with Crippen LogP contribution in [0.3, 0.4) is 0 Å². The van der Waals surface area contributed by atoms with Gasteiger partial charge in [0.15, 0.2) is 0 Å². The topological polar surface area (TPSA) is 70.2 Å². The summed E-state index contributed by atoms with van der Waals surface area (Å²) in [7, 11) is 1.68. The van der Waals surface area contributed by atoms with Crippen LogP contribution in [0.15, 0.2) is 54.7 Å². The molecule has 3 aromatic rings. The van der Waals surface area contributed by atoms with E-state index in [0.29, 0.717) is 28.7 Å². The quantitative estimate of drug-likeness (QED) is 0.574. The van der Waals surface area contributed by atoms with Gasteiger partial charge in [-0.1, -0.05) is 35.9 Å². The third-order valence-corrected chi connectivity index (χ3v) is 6.09. The lowest BCUT2D eigenvalue weighted by molar-refractivity contribution is 0.0936. The zero-order valence-electron chi connectivity index (χ0n) is 17.6. The van der Waals surface area contributed by atoms with Gasteiger partial charge in [-0.2, -0.15) is 5.10 Å². The molecule has 7 heteroatoms. The zero-order chi connectivity index (χ0) is 21.6. The van der Waals surface area contributed by atoms with E-state index >= 15 is 0 Å². The molecule has 2 N–H and O–H groups in total. The highest BCUT2D eigenvalue weighted by molar-refractivity contribution is 6.30. The highest BCUT2D eigenvalue weighted by Gasteiger charge is 2.21. The van der Waals surface area contributed by atoms with Crippen molar-refractivity contribution in [3.8, 4) is 17.0 Å². The molecule has 1 aromatic heterocycles. The first kappa shape index (κ1) is 21.4. The van der Waals surface area contributed by atoms with Gasteiger partial charge < -0.3 is 10.1 Å². The Labute approximate surface area is 187 Å². The molecule has 162 valence electrons. The highest BCUT2D eigenvalue weighted by atomic mass is 35.5. The van der Waals surface area contributed by atoms with Crippen molar-refractivity contribution < 1.29 is 9.53 Å². The Balaban J connectivity index is 1.26. The summed E-state index contributed by atoms with van der Waals surface area (Å²) in [6.07, 6.45) is 3.73. The molecule has 4 rings (SSSR count). The number of nitrogens with one attached hydrogen (secondary N) is 2. The van der Waals surface area contributed by atoms with Crippen LogP contribution in [-0.4, -0.2) is 47.7 Å². The first-order chi connectivity index (χ1) is 15.1. The number of hydrogen-bond donors (Lipinski definition) is 2. The van der Waals surface area contributed by atoms with Gasteiger partial charge in [0, 0.05) is 23.7 Å². The minimum Gasteiger partial charge on any atom is -0.497 e. The molecule has 6 nitrogen and oxygen atoms in total. The summed E-state index contributed by atoms with van der Waals surface area (Å²) in [5.41, 5.74) is 3.45. The molecule has 0 saturated carbocycles. The van der Waals surface area contributed by atoms with Gasteiger partial charge in [-0.15, -0.1) is 0 Å². The molecular formula is C24H27ClN4O2. The molecule has 1 fully saturated rings. The van der Waals surface area contributed by atoms with Gasteiger partial charge in [-0.25, -0.2) is 0 Å². The number of rotatable bonds is 7. The molecule has 0 atom stereocenters. The van der Waals surface area contributed by atoms with Crippen LogP contribution in [0.5, 0.6) is 5.75 Å². The largest absolute Gasteiger partial charge is 0.497 e. The molecule has 0 bridgehead atoms. The summed E-state index contributed by atoms with van der Waals surface area (Å²) in [4.78, 5) is 15.2. The number of halogens is 1. The lowest BCUT2D eigenvalue weighted by Gasteiger charge is -2.32. The summed E-state index contributed by atoms with van der Waals surface area (Å²) in [6, 6.07) is 15.6. The van der Waals surface area contributed by atoms with E-state index in [1.54, 1.807) is 25.4 Å². The minimum atomic E-state index is -0.0978. The van der Waals surface area contributed by atoms with Crippen molar-refractivity contribution in [1.29, 1.82) is 0 Å². The number of nitrogens with zero attached hydrogens (tertiary/aromatic N) is 2. The first-order valence-electron chi connectivity index (χ1n) is 10.5. The second-order valence-corrected chi connectivity index (χ2v) is 8.38. The van der Waals surface area contributed by atoms with Crippen LogP contribution in [0.25, 0.3) is 11.3 Å². The average Bonchev–Trinajstić information content (AvgIpc) is 3.29. The minimum absolute atomic E-state index is 0.0978. The van der Waals surface area contributed by atoms with Crippen molar-refractivity contribution in [3.05, 3.63) is 70.9 Å². The van der Waals surface area contributed by atoms with Gasteiger partial charge in [-0.3, -0.25) is 14.8 Å². The van der Waals surface area contributed by atoms with E-state index in [2.05, 4.69) is 32.5 Å². The third kappa shape index (κ3) is 5.46. The summed E-state index contributed by atoms with van der Waals surface area (Å²) in [6.45, 7) is 3.70. The molecule has 1 amide bonds. The van der Waals surface area contributed by atoms with Crippen molar-refractivity contribution in [2.45, 2.75) is 19.4 Å². The van der Waals surface area contributed by atoms with Crippen molar-refractivity contribution in [1.82, 2.24) is 20.4 Å². The summed E-state index contributed by atoms with van der Waals surface area (Å²) >= 11 is 5.97. The predicted molar refractivity (Wildman–Crippen MR) is 122 cm³/mol. The second-order valence-electron chi connectivity index (χ2n) is 7.94. The monoisotopic (exact) mass is 438 g/mol. The molecule has 31 heavy (non-hydrogen) atoms. The zero-order valence-corrected chi connectivity index (χ0v) is 18.4. The number of hydrogen-bond acceptors (Lipinski definition) is 4. The van der Waals surface area contributed by atoms with Gasteiger partial charge in [0.1, 0.15) is 5.75 Å². The van der Waals surface area contributed by atoms with Gasteiger partial charge in [-0.05, 0) is 61.7 Å². The summed E-state index contributed by atoms with van der Waals surface area (Å²) in [5, 5.41) is 10.7. The fourth-order valence-corrected chi connectivity index (χ4v) is 4.09. The van der Waals surface area contributed by atoms with E-state index in [9.17, 15) is 4.79 Å². The Hall–Kier alpha value is -2.83. The van der Waals surface area contributed by atoms with E-state index in [1.165, 1.54) is 5.56 Å². The molecule has 0 radical (unpaired) electrons. The molecule has 1 saturated heterocycles. The van der Waals surface area contributed by atoms with Crippen LogP contribution >= 0.6 is 11.6 Å². The molecule has 0 unspecified atom stereocenters. The van der Waals surface area contributed by atoms with Crippen LogP contribution in [-0.2, 0) is 6.54 Å². The fourth-order valence-electron chi connectivity index (χ4n) is 3.96. The summed E-state index contributed by atoms with van der Waals surface area (Å²) in [5.74, 6) is 1.27. The van der Waals surface area contributed by atoms with Crippen molar-refractivity contribution >= 4 is 17.5 Å². The average molecular weight is 439 g/mol. The van der Waals surface area contributed by atoms with Crippen LogP contribution in [0.4, 0.5) is 0 Å². The lowest BCUT2D eigenvalue weighted by atomic mass is 9.96. The van der Waals surface area contributed by atoms with Crippen LogP contribution in [0, 0.1) is 5.92 Å². The normalized spacial score (nSPS) is 15.0. The number of carbonyl (C=O) groups is 1. The van der Waals surface area contributed by atoms with Crippen LogP contribution in [0.1, 0.15) is 28.8 Å². The van der Waals surface area contributed by atoms with E-state index in [4.69, 9.17) is 16.3 Å². The van der Waals surface area contributed by atoms with Gasteiger partial charge in [0.25, 0.3) is 5.91 Å². The maximum absolute atomic E-state index is 12.7. The van der Waals surface area contributed by atoms with Crippen LogP contribution in [0.2, 0.25) is 5.02 Å². The number of methoxy groups -OCH3 is 1. The Morgan fingerprint density at radius 3 is 2.55 bits per heavy atom. The van der Waals surface area contributed by atoms with Crippen molar-refractivity contribution in [2.24, 2.45) is 5.92 Å². The number of carbonyl (C=O) groups excluding carboxylic acids is 1. The predicted octanol–water partition coefficient (Wildman–Crippen LogP) is 4.38. The van der Waals surface area contributed by atoms with Crippen molar-refractivity contribution in [2.75, 3.05) is 26.7 Å². The van der Waals surface area contributed by atoms with Crippen molar-refractivity contribution in [3.63, 3.8) is 0 Å². The number of piperidine rings is 1. The molecule has 2 aromatic carbocycles. The number of amides is 1. The molecule has 0 spiro atoms. The van der Waals surface area contributed by atoms with E-state index in [0.717, 1.165) is 43.8 Å². The van der Waals surface area contributed by atoms with E-state index in [1.807, 2.05) is 24.3 Å². The molecule has 0 aliphatic carbocycles. The maximum atomic E-state index is 12.7. The Morgan fingerprint density at radius 2 is 1.87 bits per heavy atom. The number of likely N-dealkylation sites (tertiary alicyclic amines) is 1. The SMILES string of the molecule is COc1ccc(CN2CCC(CNC(=O)c3cn[nH]c3-c3ccc(Cl)cc3)CC2)cc1. The van der Waals surface area contributed by atoms with Crippen LogP contribution < -0.4 is 10.1 Å². The Morgan fingerprint density at radius 1 is 1.16 bits per heavy atom. The lowest BCUT2D eigenvalue weighted by Crippen LogP contribution is -2.38. The Bertz CT molecular complexity index is 993. The van der Waals surface area contributed by atoms with E-state index < -0.39 is 0 Å². The number of ether oxygens (including phenoxy) is 1. The number of aromatic nitrogens is 2. The molecule has 2 heterocycles. The molecule has 1 aliphatic heterocycles. The first-order valence-corrected chi connectivity index (χ1v) is 10.9. The maximum Gasteiger partial charge on any atom is 0.255 e. The smallest absolute Gasteiger partial charge is 0.255 e. The highest BCUT2D eigenvalue weighted by Crippen LogP contribution is 2.24. The Kier molecular flexibility index (Phi) is 6.89. The van der Waals surface area contributed by atoms with Gasteiger partial charge in [0.05, 0.1) is 24.6 Å². The second kappa shape index (κ2) is 9.98. The third-order valence-electron chi connectivity index (χ3n) is 5.84. The fraction of sp³-hybridized carbons (Fsp3) is 0.333. The number of benzene rings is 2. The standard InChI is InChI=1S/C24H27ClN4O2/c1-31-21-8-2-18(3-9-21)16-29-12-10-17(11-13-29)14-26-24(30)22-15-27-28-23(22)19-4-6-20(25)7-5-19/h2-9,15,17H,10-14,16H2,1H3,(H,26,30)(H,27,28). The van der Waals surface area contributed by atoms with Gasteiger partial charge in [0.2, 0.25) is 0 Å². The summed E-state index contributed by atoms with van der Waals surface area (Å²) < 4.78 is 5.22. The number of H-pyrrole nitrogens is 1. The number of aromatic amines is 1.